The van der Waals surface area contributed by atoms with Crippen LogP contribution in [0, 0.1) is 5.41 Å². The van der Waals surface area contributed by atoms with Crippen molar-refractivity contribution in [2.24, 2.45) is 11.1 Å². The van der Waals surface area contributed by atoms with Gasteiger partial charge in [0.2, 0.25) is 10.0 Å². The van der Waals surface area contributed by atoms with Crippen LogP contribution in [0.1, 0.15) is 26.7 Å². The van der Waals surface area contributed by atoms with Crippen molar-refractivity contribution in [1.29, 1.82) is 0 Å². The van der Waals surface area contributed by atoms with Crippen molar-refractivity contribution in [1.82, 2.24) is 4.72 Å². The molecule has 4 N–H and O–H groups in total. The van der Waals surface area contributed by atoms with E-state index >= 15 is 0 Å². The zero-order chi connectivity index (χ0) is 15.2. The largest absolute Gasteiger partial charge is 0.383 e. The molecule has 0 bridgehead atoms. The van der Waals surface area contributed by atoms with Gasteiger partial charge in [-0.05, 0) is 44.0 Å². The van der Waals surface area contributed by atoms with Crippen molar-refractivity contribution < 1.29 is 8.42 Å². The Morgan fingerprint density at radius 1 is 1.20 bits per heavy atom. The van der Waals surface area contributed by atoms with Crippen molar-refractivity contribution in [2.45, 2.75) is 31.6 Å². The second-order valence-corrected chi connectivity index (χ2v) is 6.82. The molecule has 6 heteroatoms. The molecule has 0 aromatic heterocycles. The predicted octanol–water partition coefficient (Wildman–Crippen LogP) is 1.77. The molecule has 20 heavy (non-hydrogen) atoms. The summed E-state index contributed by atoms with van der Waals surface area (Å²) in [5.74, 6) is 0. The van der Waals surface area contributed by atoms with Gasteiger partial charge in [-0.3, -0.25) is 0 Å². The van der Waals surface area contributed by atoms with Crippen LogP contribution in [0.25, 0.3) is 0 Å². The Kier molecular flexibility index (Phi) is 5.98. The average molecular weight is 299 g/mol. The Morgan fingerprint density at radius 2 is 1.80 bits per heavy atom. The lowest BCUT2D eigenvalue weighted by atomic mass is 9.82. The normalized spacial score (nSPS) is 12.4. The van der Waals surface area contributed by atoms with E-state index < -0.39 is 10.0 Å². The van der Waals surface area contributed by atoms with E-state index in [2.05, 4.69) is 23.9 Å². The molecule has 1 aromatic rings. The van der Waals surface area contributed by atoms with Gasteiger partial charge in [0.25, 0.3) is 0 Å². The average Bonchev–Trinajstić information content (AvgIpc) is 2.49. The molecular weight excluding hydrogens is 274 g/mol. The summed E-state index contributed by atoms with van der Waals surface area (Å²) >= 11 is 0. The van der Waals surface area contributed by atoms with E-state index in [1.807, 2.05) is 6.07 Å². The zero-order valence-corrected chi connectivity index (χ0v) is 13.3. The summed E-state index contributed by atoms with van der Waals surface area (Å²) in [7, 11) is -2.05. The Morgan fingerprint density at radius 3 is 2.30 bits per heavy atom. The molecule has 0 fully saturated rings. The van der Waals surface area contributed by atoms with Gasteiger partial charge in [0, 0.05) is 6.54 Å². The van der Waals surface area contributed by atoms with Gasteiger partial charge in [0.15, 0.2) is 0 Å². The highest BCUT2D eigenvalue weighted by molar-refractivity contribution is 7.89. The predicted molar refractivity (Wildman–Crippen MR) is 83.2 cm³/mol. The minimum atomic E-state index is -3.46. The molecular formula is C14H25N3O2S. The maximum absolute atomic E-state index is 12.0. The molecule has 0 saturated carbocycles. The fourth-order valence-corrected chi connectivity index (χ4v) is 3.01. The van der Waals surface area contributed by atoms with Crippen LogP contribution in [0.4, 0.5) is 5.69 Å². The van der Waals surface area contributed by atoms with Crippen molar-refractivity contribution in [3.8, 4) is 0 Å². The Labute approximate surface area is 122 Å². The van der Waals surface area contributed by atoms with E-state index in [9.17, 15) is 8.42 Å². The van der Waals surface area contributed by atoms with Crippen LogP contribution < -0.4 is 15.8 Å². The minimum Gasteiger partial charge on any atom is -0.383 e. The Bertz CT molecular complexity index is 517. The van der Waals surface area contributed by atoms with Crippen LogP contribution in [0.2, 0.25) is 0 Å². The van der Waals surface area contributed by atoms with Gasteiger partial charge in [-0.25, -0.2) is 13.1 Å². The Balaban J connectivity index is 3.00. The van der Waals surface area contributed by atoms with Crippen molar-refractivity contribution >= 4 is 15.7 Å². The summed E-state index contributed by atoms with van der Waals surface area (Å²) in [6, 6.07) is 6.90. The highest BCUT2D eigenvalue weighted by Crippen LogP contribution is 2.27. The first-order chi connectivity index (χ1) is 9.44. The maximum Gasteiger partial charge on any atom is 0.242 e. The molecule has 0 aliphatic heterocycles. The molecule has 0 spiro atoms. The third kappa shape index (κ3) is 3.71. The third-order valence-corrected chi connectivity index (χ3v) is 5.50. The number of anilines is 1. The second-order valence-electron chi connectivity index (χ2n) is 4.97. The van der Waals surface area contributed by atoms with E-state index in [0.29, 0.717) is 18.8 Å². The number of nitrogens with two attached hydrogens (primary N) is 1. The minimum absolute atomic E-state index is 0.00346. The van der Waals surface area contributed by atoms with Crippen LogP contribution in [0.3, 0.4) is 0 Å². The molecule has 0 aliphatic rings. The van der Waals surface area contributed by atoms with E-state index in [-0.39, 0.29) is 10.3 Å². The van der Waals surface area contributed by atoms with Crippen LogP contribution in [0.15, 0.2) is 29.2 Å². The number of para-hydroxylation sites is 1. The van der Waals surface area contributed by atoms with Crippen LogP contribution in [-0.2, 0) is 10.0 Å². The highest BCUT2D eigenvalue weighted by atomic mass is 32.2. The van der Waals surface area contributed by atoms with E-state index in [1.165, 1.54) is 7.05 Å². The number of nitrogens with one attached hydrogen (secondary N) is 2. The van der Waals surface area contributed by atoms with Gasteiger partial charge >= 0.3 is 0 Å². The van der Waals surface area contributed by atoms with E-state index in [0.717, 1.165) is 12.8 Å². The van der Waals surface area contributed by atoms with Gasteiger partial charge in [-0.15, -0.1) is 0 Å². The van der Waals surface area contributed by atoms with Gasteiger partial charge in [0.1, 0.15) is 4.90 Å². The van der Waals surface area contributed by atoms with Gasteiger partial charge in [-0.2, -0.15) is 0 Å². The molecule has 114 valence electrons. The first kappa shape index (κ1) is 16.9. The van der Waals surface area contributed by atoms with Crippen molar-refractivity contribution in [3.63, 3.8) is 0 Å². The summed E-state index contributed by atoms with van der Waals surface area (Å²) in [5.41, 5.74) is 6.48. The topological polar surface area (TPSA) is 84.2 Å². The molecule has 0 amide bonds. The molecule has 0 atom stereocenters. The summed E-state index contributed by atoms with van der Waals surface area (Å²) in [5, 5.41) is 3.25. The van der Waals surface area contributed by atoms with Crippen LogP contribution >= 0.6 is 0 Å². The van der Waals surface area contributed by atoms with Gasteiger partial charge in [-0.1, -0.05) is 26.0 Å². The second kappa shape index (κ2) is 7.06. The fraction of sp³-hybridized carbons (Fsp3) is 0.571. The molecule has 0 heterocycles. The van der Waals surface area contributed by atoms with E-state index in [4.69, 9.17) is 5.73 Å². The monoisotopic (exact) mass is 299 g/mol. The highest BCUT2D eigenvalue weighted by Gasteiger charge is 2.25. The third-order valence-electron chi connectivity index (χ3n) is 4.03. The first-order valence-electron chi connectivity index (χ1n) is 6.91. The quantitative estimate of drug-likeness (QED) is 0.683. The van der Waals surface area contributed by atoms with Crippen LogP contribution in [0.5, 0.6) is 0 Å². The summed E-state index contributed by atoms with van der Waals surface area (Å²) < 4.78 is 26.3. The SMILES string of the molecule is CCC(CC)(CN)CNc1ccccc1S(=O)(=O)NC. The zero-order valence-electron chi connectivity index (χ0n) is 12.4. The molecule has 5 nitrogen and oxygen atoms in total. The lowest BCUT2D eigenvalue weighted by Crippen LogP contribution is -2.36. The summed E-state index contributed by atoms with van der Waals surface area (Å²) in [4.78, 5) is 0.264. The lowest BCUT2D eigenvalue weighted by molar-refractivity contribution is 0.294. The first-order valence-corrected chi connectivity index (χ1v) is 8.39. The lowest BCUT2D eigenvalue weighted by Gasteiger charge is -2.31. The number of rotatable bonds is 8. The number of sulfonamides is 1. The number of hydrogen-bond acceptors (Lipinski definition) is 4. The fourth-order valence-electron chi connectivity index (χ4n) is 2.10. The van der Waals surface area contributed by atoms with Crippen molar-refractivity contribution in [2.75, 3.05) is 25.5 Å². The maximum atomic E-state index is 12.0. The van der Waals surface area contributed by atoms with Gasteiger partial charge in [0.05, 0.1) is 5.69 Å². The number of benzene rings is 1. The summed E-state index contributed by atoms with van der Waals surface area (Å²) in [6.07, 6.45) is 1.90. The number of hydrogen-bond donors (Lipinski definition) is 3. The smallest absolute Gasteiger partial charge is 0.242 e. The Hall–Kier alpha value is -1.11. The summed E-state index contributed by atoms with van der Waals surface area (Å²) in [6.45, 7) is 5.45. The molecule has 0 saturated heterocycles. The van der Waals surface area contributed by atoms with Crippen molar-refractivity contribution in [3.05, 3.63) is 24.3 Å². The molecule has 0 radical (unpaired) electrons. The molecule has 0 unspecified atom stereocenters. The molecule has 1 aromatic carbocycles. The van der Waals surface area contributed by atoms with Crippen LogP contribution in [-0.4, -0.2) is 28.6 Å². The van der Waals surface area contributed by atoms with Gasteiger partial charge < -0.3 is 11.1 Å². The molecule has 0 aliphatic carbocycles. The molecule has 1 rings (SSSR count). The standard InChI is InChI=1S/C14H25N3O2S/c1-4-14(5-2,10-15)11-17-12-8-6-7-9-13(12)20(18,19)16-3/h6-9,16-17H,4-5,10-11,15H2,1-3H3. The van der Waals surface area contributed by atoms with E-state index in [1.54, 1.807) is 18.2 Å².